The average molecular weight is 344 g/mol. The Morgan fingerprint density at radius 2 is 1.69 bits per heavy atom. The maximum Gasteiger partial charge on any atom is 0.282 e. The van der Waals surface area contributed by atoms with E-state index in [0.717, 1.165) is 22.6 Å². The maximum absolute atomic E-state index is 12.8. The van der Waals surface area contributed by atoms with Crippen LogP contribution in [0, 0.1) is 5.92 Å². The Hall–Kier alpha value is -3.21. The third-order valence-corrected chi connectivity index (χ3v) is 5.17. The zero-order chi connectivity index (χ0) is 17.8. The largest absolute Gasteiger partial charge is 0.460 e. The molecule has 2 aromatic carbocycles. The fourth-order valence-corrected chi connectivity index (χ4v) is 3.59. The number of benzene rings is 2. The number of hydrogen-bond donors (Lipinski definition) is 0. The van der Waals surface area contributed by atoms with Crippen molar-refractivity contribution >= 4 is 28.8 Å². The van der Waals surface area contributed by atoms with Crippen LogP contribution in [-0.2, 0) is 0 Å². The third-order valence-electron chi connectivity index (χ3n) is 5.17. The number of hydrogen-bond acceptors (Lipinski definition) is 4. The quantitative estimate of drug-likeness (QED) is 0.529. The minimum atomic E-state index is -0.418. The van der Waals surface area contributed by atoms with E-state index in [1.807, 2.05) is 36.4 Å². The van der Waals surface area contributed by atoms with E-state index in [4.69, 9.17) is 4.42 Å². The van der Waals surface area contributed by atoms with E-state index in [1.165, 1.54) is 6.21 Å². The number of rotatable bonds is 3. The highest BCUT2D eigenvalue weighted by molar-refractivity contribution is 6.25. The molecular formula is C21H16N2O3. The molecule has 5 rings (SSSR count). The second-order valence-electron chi connectivity index (χ2n) is 6.94. The molecule has 128 valence electrons. The Morgan fingerprint density at radius 3 is 2.31 bits per heavy atom. The third kappa shape index (κ3) is 2.20. The van der Waals surface area contributed by atoms with E-state index in [1.54, 1.807) is 12.1 Å². The van der Waals surface area contributed by atoms with Gasteiger partial charge in [-0.25, -0.2) is 0 Å². The summed E-state index contributed by atoms with van der Waals surface area (Å²) in [6, 6.07) is 14.6. The first kappa shape index (κ1) is 15.1. The summed E-state index contributed by atoms with van der Waals surface area (Å²) in [7, 11) is 0. The van der Waals surface area contributed by atoms with Crippen LogP contribution >= 0.6 is 0 Å². The van der Waals surface area contributed by atoms with Gasteiger partial charge in [-0.05, 0) is 42.0 Å². The number of furan rings is 1. The van der Waals surface area contributed by atoms with Crippen molar-refractivity contribution in [3.05, 3.63) is 71.2 Å². The lowest BCUT2D eigenvalue weighted by molar-refractivity contribution is 0.0616. The van der Waals surface area contributed by atoms with Gasteiger partial charge >= 0.3 is 0 Å². The van der Waals surface area contributed by atoms with Crippen LogP contribution in [0.5, 0.6) is 0 Å². The summed E-state index contributed by atoms with van der Waals surface area (Å²) in [6.07, 6.45) is 2.56. The van der Waals surface area contributed by atoms with Gasteiger partial charge in [-0.2, -0.15) is 10.1 Å². The monoisotopic (exact) mass is 344 g/mol. The fourth-order valence-electron chi connectivity index (χ4n) is 3.59. The smallest absolute Gasteiger partial charge is 0.282 e. The predicted molar refractivity (Wildman–Crippen MR) is 97.3 cm³/mol. The van der Waals surface area contributed by atoms with E-state index in [-0.39, 0.29) is 0 Å². The zero-order valence-electron chi connectivity index (χ0n) is 14.2. The molecular weight excluding hydrogens is 328 g/mol. The van der Waals surface area contributed by atoms with Gasteiger partial charge in [-0.15, -0.1) is 0 Å². The summed E-state index contributed by atoms with van der Waals surface area (Å²) >= 11 is 0. The number of amides is 2. The Bertz CT molecular complexity index is 1040. The van der Waals surface area contributed by atoms with Gasteiger partial charge in [0, 0.05) is 11.3 Å². The summed E-state index contributed by atoms with van der Waals surface area (Å²) in [6.45, 7) is 2.18. The SMILES string of the molecule is C[C@H]1C[C@@H]1c1ccc(/C=N\N2C(=O)c3cccc4cccc(c34)C2=O)o1. The number of imide groups is 1. The molecule has 1 aliphatic carbocycles. The normalized spacial score (nSPS) is 21.8. The first-order chi connectivity index (χ1) is 12.6. The highest BCUT2D eigenvalue weighted by atomic mass is 16.3. The fraction of sp³-hybridized carbons (Fsp3) is 0.190. The minimum Gasteiger partial charge on any atom is -0.460 e. The predicted octanol–water partition coefficient (Wildman–Crippen LogP) is 4.19. The second-order valence-corrected chi connectivity index (χ2v) is 6.94. The van der Waals surface area contributed by atoms with Crippen LogP contribution in [0.4, 0.5) is 0 Å². The van der Waals surface area contributed by atoms with Crippen LogP contribution in [0.25, 0.3) is 10.8 Å². The van der Waals surface area contributed by atoms with E-state index < -0.39 is 11.8 Å². The van der Waals surface area contributed by atoms with Crippen LogP contribution in [0.2, 0.25) is 0 Å². The van der Waals surface area contributed by atoms with Crippen LogP contribution in [0.1, 0.15) is 51.5 Å². The van der Waals surface area contributed by atoms with E-state index in [9.17, 15) is 9.59 Å². The molecule has 0 N–H and O–H groups in total. The maximum atomic E-state index is 12.8. The molecule has 3 aromatic rings. The van der Waals surface area contributed by atoms with Crippen molar-refractivity contribution in [2.45, 2.75) is 19.3 Å². The summed E-state index contributed by atoms with van der Waals surface area (Å²) < 4.78 is 5.77. The molecule has 5 nitrogen and oxygen atoms in total. The molecule has 1 saturated carbocycles. The van der Waals surface area contributed by atoms with Gasteiger partial charge in [0.15, 0.2) is 0 Å². The lowest BCUT2D eigenvalue weighted by atomic mass is 9.95. The number of hydrazone groups is 1. The molecule has 2 amide bonds. The standard InChI is InChI=1S/C21H16N2O3/c1-12-10-17(12)18-9-8-14(26-18)11-22-23-20(24)15-6-2-4-13-5-3-7-16(19(13)15)21(23)25/h2-9,11-12,17H,10H2,1H3/b22-11-/t12-,17-/m0/s1. The second kappa shape index (κ2) is 5.39. The van der Waals surface area contributed by atoms with Crippen LogP contribution in [0.3, 0.4) is 0 Å². The summed E-state index contributed by atoms with van der Waals surface area (Å²) in [5.74, 6) is 1.76. The highest BCUT2D eigenvalue weighted by Crippen LogP contribution is 2.47. The van der Waals surface area contributed by atoms with Crippen molar-refractivity contribution in [1.82, 2.24) is 5.01 Å². The highest BCUT2D eigenvalue weighted by Gasteiger charge is 2.36. The topological polar surface area (TPSA) is 62.9 Å². The molecule has 1 fully saturated rings. The number of nitrogens with zero attached hydrogens (tertiary/aromatic N) is 2. The van der Waals surface area contributed by atoms with Gasteiger partial charge in [-0.1, -0.05) is 31.2 Å². The molecule has 1 aliphatic heterocycles. The van der Waals surface area contributed by atoms with E-state index in [2.05, 4.69) is 12.0 Å². The molecule has 5 heteroatoms. The van der Waals surface area contributed by atoms with Crippen LogP contribution in [0.15, 0.2) is 58.0 Å². The van der Waals surface area contributed by atoms with Crippen molar-refractivity contribution in [3.63, 3.8) is 0 Å². The molecule has 26 heavy (non-hydrogen) atoms. The zero-order valence-corrected chi connectivity index (χ0v) is 14.2. The first-order valence-electron chi connectivity index (χ1n) is 8.68. The van der Waals surface area contributed by atoms with Gasteiger partial charge in [0.25, 0.3) is 11.8 Å². The molecule has 1 aromatic heterocycles. The summed E-state index contributed by atoms with van der Waals surface area (Å²) in [4.78, 5) is 25.5. The molecule has 0 radical (unpaired) electrons. The minimum absolute atomic E-state index is 0.418. The van der Waals surface area contributed by atoms with Crippen molar-refractivity contribution in [2.75, 3.05) is 0 Å². The molecule has 2 aliphatic rings. The molecule has 2 heterocycles. The van der Waals surface area contributed by atoms with Gasteiger partial charge in [0.1, 0.15) is 11.5 Å². The number of carbonyl (C=O) groups is 2. The Kier molecular flexibility index (Phi) is 3.13. The lowest BCUT2D eigenvalue weighted by Crippen LogP contribution is -2.36. The van der Waals surface area contributed by atoms with Gasteiger partial charge in [0.2, 0.25) is 0 Å². The van der Waals surface area contributed by atoms with Crippen LogP contribution < -0.4 is 0 Å². The molecule has 0 bridgehead atoms. The summed E-state index contributed by atoms with van der Waals surface area (Å²) in [5, 5.41) is 6.61. The van der Waals surface area contributed by atoms with E-state index in [0.29, 0.717) is 34.1 Å². The summed E-state index contributed by atoms with van der Waals surface area (Å²) in [5.41, 5.74) is 0.976. The van der Waals surface area contributed by atoms with Crippen molar-refractivity contribution in [1.29, 1.82) is 0 Å². The molecule has 2 atom stereocenters. The Balaban J connectivity index is 1.49. The van der Waals surface area contributed by atoms with Crippen molar-refractivity contribution in [3.8, 4) is 0 Å². The van der Waals surface area contributed by atoms with Gasteiger partial charge in [-0.3, -0.25) is 9.59 Å². The Labute approximate surface area is 149 Å². The molecule has 0 spiro atoms. The van der Waals surface area contributed by atoms with Crippen LogP contribution in [-0.4, -0.2) is 23.0 Å². The van der Waals surface area contributed by atoms with Gasteiger partial charge in [0.05, 0.1) is 17.3 Å². The first-order valence-corrected chi connectivity index (χ1v) is 8.68. The lowest BCUT2D eigenvalue weighted by Gasteiger charge is -2.22. The average Bonchev–Trinajstić information content (AvgIpc) is 3.19. The Morgan fingerprint density at radius 1 is 1.04 bits per heavy atom. The van der Waals surface area contributed by atoms with Gasteiger partial charge < -0.3 is 4.42 Å². The van der Waals surface area contributed by atoms with E-state index >= 15 is 0 Å². The number of carbonyl (C=O) groups excluding carboxylic acids is 2. The molecule has 0 saturated heterocycles. The van der Waals surface area contributed by atoms with Crippen molar-refractivity contribution in [2.24, 2.45) is 11.0 Å². The molecule has 0 unspecified atom stereocenters. The van der Waals surface area contributed by atoms with Crippen molar-refractivity contribution < 1.29 is 14.0 Å².